The molecule has 0 aliphatic carbocycles. The fraction of sp³-hybridized carbons (Fsp3) is 0.263. The van der Waals surface area contributed by atoms with Crippen molar-refractivity contribution in [3.63, 3.8) is 0 Å². The first-order valence-electron chi connectivity index (χ1n) is 7.85. The highest BCUT2D eigenvalue weighted by Gasteiger charge is 2.05. The molecule has 0 radical (unpaired) electrons. The second-order valence-corrected chi connectivity index (χ2v) is 5.12. The van der Waals surface area contributed by atoms with E-state index >= 15 is 0 Å². The average molecular weight is 310 g/mol. The Bertz CT molecular complexity index is 643. The van der Waals surface area contributed by atoms with Crippen molar-refractivity contribution in [2.24, 2.45) is 5.10 Å². The summed E-state index contributed by atoms with van der Waals surface area (Å²) < 4.78 is 5.70. The van der Waals surface area contributed by atoms with E-state index in [4.69, 9.17) is 4.74 Å². The third-order valence-corrected chi connectivity index (χ3v) is 3.50. The Kier molecular flexibility index (Phi) is 6.36. The van der Waals surface area contributed by atoms with Crippen LogP contribution in [0.2, 0.25) is 0 Å². The van der Waals surface area contributed by atoms with E-state index in [1.165, 1.54) is 0 Å². The van der Waals surface area contributed by atoms with Crippen LogP contribution >= 0.6 is 0 Å². The minimum Gasteiger partial charge on any atom is -0.489 e. The Balaban J connectivity index is 1.91. The van der Waals surface area contributed by atoms with Gasteiger partial charge in [-0.3, -0.25) is 4.79 Å². The number of amides is 1. The van der Waals surface area contributed by atoms with Crippen LogP contribution in [0.25, 0.3) is 0 Å². The normalized spacial score (nSPS) is 10.0. The molecule has 0 fully saturated rings. The molecule has 2 aromatic carbocycles. The molecule has 4 heteroatoms. The van der Waals surface area contributed by atoms with E-state index < -0.39 is 0 Å². The van der Waals surface area contributed by atoms with Gasteiger partial charge in [-0.2, -0.15) is 5.10 Å². The monoisotopic (exact) mass is 310 g/mol. The van der Waals surface area contributed by atoms with Crippen LogP contribution in [0.4, 0.5) is 0 Å². The molecule has 0 aromatic heterocycles. The molecule has 0 spiro atoms. The number of nitrogens with one attached hydrogen (secondary N) is 1. The van der Waals surface area contributed by atoms with E-state index in [9.17, 15) is 4.79 Å². The first-order valence-corrected chi connectivity index (χ1v) is 7.85. The van der Waals surface area contributed by atoms with Gasteiger partial charge in [0.2, 0.25) is 0 Å². The largest absolute Gasteiger partial charge is 0.489 e. The molecule has 0 saturated heterocycles. The maximum absolute atomic E-state index is 12.0. The summed E-state index contributed by atoms with van der Waals surface area (Å²) in [6.45, 7) is 4.55. The van der Waals surface area contributed by atoms with Crippen molar-refractivity contribution < 1.29 is 9.53 Å². The van der Waals surface area contributed by atoms with Crippen molar-refractivity contribution in [3.8, 4) is 5.75 Å². The highest BCUT2D eigenvalue weighted by molar-refractivity contribution is 5.95. The Morgan fingerprint density at radius 1 is 1.00 bits per heavy atom. The molecule has 0 saturated carbocycles. The van der Waals surface area contributed by atoms with Gasteiger partial charge in [-0.25, -0.2) is 5.43 Å². The number of carbonyl (C=O) groups is 1. The number of hydrazone groups is 1. The maximum Gasteiger partial charge on any atom is 0.271 e. The Morgan fingerprint density at radius 3 is 2.26 bits per heavy atom. The van der Waals surface area contributed by atoms with Crippen LogP contribution < -0.4 is 10.2 Å². The third kappa shape index (κ3) is 5.25. The molecule has 1 amide bonds. The van der Waals surface area contributed by atoms with E-state index in [2.05, 4.69) is 10.5 Å². The van der Waals surface area contributed by atoms with Gasteiger partial charge in [-0.15, -0.1) is 0 Å². The predicted molar refractivity (Wildman–Crippen MR) is 92.7 cm³/mol. The van der Waals surface area contributed by atoms with E-state index in [1.54, 1.807) is 24.3 Å². The Hall–Kier alpha value is -2.62. The van der Waals surface area contributed by atoms with E-state index in [0.717, 1.165) is 29.9 Å². The van der Waals surface area contributed by atoms with Gasteiger partial charge in [0.05, 0.1) is 0 Å². The van der Waals surface area contributed by atoms with Crippen molar-refractivity contribution in [1.29, 1.82) is 0 Å². The van der Waals surface area contributed by atoms with Crippen LogP contribution in [0, 0.1) is 0 Å². The summed E-state index contributed by atoms with van der Waals surface area (Å²) in [6.07, 6.45) is 1.67. The summed E-state index contributed by atoms with van der Waals surface area (Å²) in [4.78, 5) is 12.0. The van der Waals surface area contributed by atoms with Gasteiger partial charge in [0.15, 0.2) is 0 Å². The predicted octanol–water partition coefficient (Wildman–Crippen LogP) is 4.17. The summed E-state index contributed by atoms with van der Waals surface area (Å²) in [5, 5.41) is 4.12. The lowest BCUT2D eigenvalue weighted by molar-refractivity contribution is 0.0954. The lowest BCUT2D eigenvalue weighted by Crippen LogP contribution is -2.19. The summed E-state index contributed by atoms with van der Waals surface area (Å²) in [6, 6.07) is 17.0. The van der Waals surface area contributed by atoms with Gasteiger partial charge in [0, 0.05) is 11.3 Å². The van der Waals surface area contributed by atoms with Crippen molar-refractivity contribution in [2.45, 2.75) is 33.3 Å². The first-order chi connectivity index (χ1) is 11.2. The SMILES string of the molecule is CCC(CC)=NNC(=O)c1ccc(OCc2ccccc2)cc1. The standard InChI is InChI=1S/C19H22N2O2/c1-3-17(4-2)20-21-19(22)16-10-12-18(13-11-16)23-14-15-8-6-5-7-9-15/h5-13H,3-4,14H2,1-2H3,(H,21,22). The summed E-state index contributed by atoms with van der Waals surface area (Å²) >= 11 is 0. The van der Waals surface area contributed by atoms with E-state index in [1.807, 2.05) is 44.2 Å². The first kappa shape index (κ1) is 16.7. The number of ether oxygens (including phenoxy) is 1. The fourth-order valence-corrected chi connectivity index (χ4v) is 2.05. The molecule has 0 heterocycles. The highest BCUT2D eigenvalue weighted by atomic mass is 16.5. The van der Waals surface area contributed by atoms with Gasteiger partial charge >= 0.3 is 0 Å². The van der Waals surface area contributed by atoms with E-state index in [0.29, 0.717) is 12.2 Å². The molecule has 0 unspecified atom stereocenters. The second-order valence-electron chi connectivity index (χ2n) is 5.12. The van der Waals surface area contributed by atoms with Crippen LogP contribution in [-0.2, 0) is 6.61 Å². The summed E-state index contributed by atoms with van der Waals surface area (Å²) in [5.74, 6) is 0.524. The third-order valence-electron chi connectivity index (χ3n) is 3.50. The quantitative estimate of drug-likeness (QED) is 0.616. The maximum atomic E-state index is 12.0. The Morgan fingerprint density at radius 2 is 1.65 bits per heavy atom. The van der Waals surface area contributed by atoms with Gasteiger partial charge < -0.3 is 4.74 Å². The molecule has 0 bridgehead atoms. The molecule has 1 N–H and O–H groups in total. The summed E-state index contributed by atoms with van der Waals surface area (Å²) in [7, 11) is 0. The molecular weight excluding hydrogens is 288 g/mol. The van der Waals surface area contributed by atoms with Crippen LogP contribution in [0.1, 0.15) is 42.6 Å². The molecule has 0 aliphatic rings. The molecule has 2 rings (SSSR count). The highest BCUT2D eigenvalue weighted by Crippen LogP contribution is 2.14. The molecule has 4 nitrogen and oxygen atoms in total. The van der Waals surface area contributed by atoms with Gasteiger partial charge in [-0.1, -0.05) is 44.2 Å². The summed E-state index contributed by atoms with van der Waals surface area (Å²) in [5.41, 5.74) is 5.23. The van der Waals surface area contributed by atoms with Crippen LogP contribution in [0.3, 0.4) is 0 Å². The lowest BCUT2D eigenvalue weighted by atomic mass is 10.2. The fourth-order valence-electron chi connectivity index (χ4n) is 2.05. The van der Waals surface area contributed by atoms with Gasteiger partial charge in [0.25, 0.3) is 5.91 Å². The number of rotatable bonds is 7. The van der Waals surface area contributed by atoms with Gasteiger partial charge in [-0.05, 0) is 42.7 Å². The second kappa shape index (κ2) is 8.73. The number of hydrogen-bond donors (Lipinski definition) is 1. The van der Waals surface area contributed by atoms with Crippen molar-refractivity contribution >= 4 is 11.6 Å². The number of benzene rings is 2. The minimum atomic E-state index is -0.209. The smallest absolute Gasteiger partial charge is 0.271 e. The topological polar surface area (TPSA) is 50.7 Å². The lowest BCUT2D eigenvalue weighted by Gasteiger charge is -2.07. The number of nitrogens with zero attached hydrogens (tertiary/aromatic N) is 1. The zero-order valence-electron chi connectivity index (χ0n) is 13.6. The minimum absolute atomic E-state index is 0.209. The molecule has 0 aliphatic heterocycles. The van der Waals surface area contributed by atoms with Gasteiger partial charge in [0.1, 0.15) is 12.4 Å². The molecular formula is C19H22N2O2. The molecule has 2 aromatic rings. The molecule has 120 valence electrons. The van der Waals surface area contributed by atoms with Crippen LogP contribution in [0.5, 0.6) is 5.75 Å². The Labute approximate surface area is 137 Å². The molecule has 23 heavy (non-hydrogen) atoms. The van der Waals surface area contributed by atoms with Crippen molar-refractivity contribution in [3.05, 3.63) is 65.7 Å². The van der Waals surface area contributed by atoms with Crippen LogP contribution in [-0.4, -0.2) is 11.6 Å². The number of hydrogen-bond acceptors (Lipinski definition) is 3. The van der Waals surface area contributed by atoms with Crippen molar-refractivity contribution in [2.75, 3.05) is 0 Å². The zero-order chi connectivity index (χ0) is 16.5. The van der Waals surface area contributed by atoms with Crippen molar-refractivity contribution in [1.82, 2.24) is 5.43 Å². The molecule has 0 atom stereocenters. The van der Waals surface area contributed by atoms with E-state index in [-0.39, 0.29) is 5.91 Å². The zero-order valence-corrected chi connectivity index (χ0v) is 13.6. The number of carbonyl (C=O) groups excluding carboxylic acids is 1. The average Bonchev–Trinajstić information content (AvgIpc) is 2.62. The van der Waals surface area contributed by atoms with Crippen LogP contribution in [0.15, 0.2) is 59.7 Å².